The molecule has 127 valence electrons. The van der Waals surface area contributed by atoms with Crippen LogP contribution in [-0.4, -0.2) is 13.2 Å². The minimum atomic E-state index is -1.20. The molecule has 0 amide bonds. The van der Waals surface area contributed by atoms with Crippen molar-refractivity contribution in [2.24, 2.45) is 5.92 Å². The van der Waals surface area contributed by atoms with E-state index in [0.29, 0.717) is 0 Å². The van der Waals surface area contributed by atoms with E-state index in [0.717, 1.165) is 5.92 Å². The summed E-state index contributed by atoms with van der Waals surface area (Å²) in [6, 6.07) is 0. The molecular weight excluding hydrogens is 318 g/mol. The topological polar surface area (TPSA) is 12.0 Å². The Kier molecular flexibility index (Phi) is 9.54. The van der Waals surface area contributed by atoms with Crippen LogP contribution in [0.4, 0.5) is 0 Å². The van der Waals surface area contributed by atoms with Crippen molar-refractivity contribution >= 4 is 6.66 Å². The molecule has 22 heavy (non-hydrogen) atoms. The van der Waals surface area contributed by atoms with Gasteiger partial charge in [0.1, 0.15) is 0 Å². The normalized spacial score (nSPS) is 18.8. The molecule has 0 heterocycles. The summed E-state index contributed by atoms with van der Waals surface area (Å²) in [6.07, 6.45) is 8.43. The van der Waals surface area contributed by atoms with Crippen molar-refractivity contribution in [2.75, 3.05) is 6.54 Å². The van der Waals surface area contributed by atoms with Crippen LogP contribution in [0.3, 0.4) is 0 Å². The molecular formula is C19H38NSiTi. The van der Waals surface area contributed by atoms with Crippen LogP contribution in [0.2, 0.25) is 13.1 Å². The molecule has 1 N–H and O–H groups in total. The molecule has 1 rings (SSSR count). The van der Waals surface area contributed by atoms with Crippen LogP contribution in [0.25, 0.3) is 0 Å². The molecule has 0 bridgehead atoms. The van der Waals surface area contributed by atoms with Crippen LogP contribution < -0.4 is 3.80 Å². The monoisotopic (exact) mass is 356 g/mol. The fourth-order valence-electron chi connectivity index (χ4n) is 3.54. The number of rotatable bonds is 10. The average molecular weight is 356 g/mol. The van der Waals surface area contributed by atoms with Crippen LogP contribution in [0.15, 0.2) is 20.6 Å². The summed E-state index contributed by atoms with van der Waals surface area (Å²) in [5, 5.41) is 0. The molecule has 0 saturated carbocycles. The zero-order valence-electron chi connectivity index (χ0n) is 16.1. The van der Waals surface area contributed by atoms with Gasteiger partial charge in [0.25, 0.3) is 0 Å². The van der Waals surface area contributed by atoms with Crippen molar-refractivity contribution in [1.29, 1.82) is 0 Å². The molecule has 1 aliphatic rings. The van der Waals surface area contributed by atoms with E-state index in [2.05, 4.69) is 51.5 Å². The first-order valence-corrected chi connectivity index (χ1v) is 16.6. The maximum absolute atomic E-state index is 4.10. The molecule has 3 heteroatoms. The summed E-state index contributed by atoms with van der Waals surface area (Å²) in [5.41, 5.74) is 4.87. The van der Waals surface area contributed by atoms with E-state index in [-0.39, 0.29) is 0 Å². The van der Waals surface area contributed by atoms with Crippen molar-refractivity contribution in [1.82, 2.24) is 3.80 Å². The standard InChI is InChI=1S/C9H13.C8H18N.C2H7Si.Ti/c1-6-5-7(2)9(4)8(6)3;1-2-3-4-5-6-7-8-9;1-3-2;/h6H,1-4H3;9H,2-8H2,1H3;3H,1-2H3;/q;-1;;+1. The predicted octanol–water partition coefficient (Wildman–Crippen LogP) is 5.71. The average Bonchev–Trinajstić information content (AvgIpc) is 2.67. The number of hydrogen-bond donors (Lipinski definition) is 1. The maximum atomic E-state index is 4.10. The first kappa shape index (κ1) is 20.4. The third-order valence-electron chi connectivity index (χ3n) is 5.35. The second-order valence-corrected chi connectivity index (χ2v) is 20.1. The molecule has 1 atom stereocenters. The first-order valence-electron chi connectivity index (χ1n) is 9.41. The summed E-state index contributed by atoms with van der Waals surface area (Å²) in [6.45, 7) is 17.6. The quantitative estimate of drug-likeness (QED) is 0.390. The van der Waals surface area contributed by atoms with Gasteiger partial charge in [-0.1, -0.05) is 0 Å². The molecule has 0 aromatic heterocycles. The Bertz CT molecular complexity index is 412. The molecule has 0 spiro atoms. The molecule has 1 unspecified atom stereocenters. The van der Waals surface area contributed by atoms with Gasteiger partial charge in [-0.3, -0.25) is 0 Å². The van der Waals surface area contributed by atoms with E-state index in [9.17, 15) is 0 Å². The Labute approximate surface area is 147 Å². The van der Waals surface area contributed by atoms with E-state index in [1.54, 1.807) is 16.7 Å². The second kappa shape index (κ2) is 10.3. The summed E-state index contributed by atoms with van der Waals surface area (Å²) in [7, 11) is 0. The molecule has 0 fully saturated rings. The van der Waals surface area contributed by atoms with Crippen LogP contribution in [0.1, 0.15) is 73.1 Å². The third-order valence-corrected chi connectivity index (χ3v) is 17.2. The molecule has 0 radical (unpaired) electrons. The Morgan fingerprint density at radius 2 is 1.55 bits per heavy atom. The van der Waals surface area contributed by atoms with Crippen molar-refractivity contribution in [3.8, 4) is 0 Å². The van der Waals surface area contributed by atoms with Gasteiger partial charge in [-0.2, -0.15) is 0 Å². The van der Waals surface area contributed by atoms with E-state index >= 15 is 0 Å². The SMILES string of the molecule is CCCCCCCC[NH][Ti]([C]1=C(C)C(C)=C(C)C1C)[SiH](C)C. The van der Waals surface area contributed by atoms with Crippen molar-refractivity contribution in [3.63, 3.8) is 0 Å². The van der Waals surface area contributed by atoms with E-state index in [1.165, 1.54) is 45.1 Å². The van der Waals surface area contributed by atoms with Crippen molar-refractivity contribution in [3.05, 3.63) is 20.6 Å². The number of unbranched alkanes of at least 4 members (excludes halogenated alkanes) is 5. The van der Waals surface area contributed by atoms with Gasteiger partial charge >= 0.3 is 147 Å². The van der Waals surface area contributed by atoms with Gasteiger partial charge in [0.15, 0.2) is 0 Å². The van der Waals surface area contributed by atoms with E-state index < -0.39 is 24.0 Å². The zero-order valence-corrected chi connectivity index (χ0v) is 18.8. The van der Waals surface area contributed by atoms with E-state index in [4.69, 9.17) is 0 Å². The minimum absolute atomic E-state index is 0.569. The molecule has 0 aliphatic heterocycles. The number of nitrogens with one attached hydrogen (secondary N) is 1. The van der Waals surface area contributed by atoms with Crippen LogP contribution in [0.5, 0.6) is 0 Å². The Morgan fingerprint density at radius 1 is 0.955 bits per heavy atom. The van der Waals surface area contributed by atoms with Crippen molar-refractivity contribution < 1.29 is 17.4 Å². The van der Waals surface area contributed by atoms with Gasteiger partial charge in [0, 0.05) is 0 Å². The third kappa shape index (κ3) is 5.47. The second-order valence-electron chi connectivity index (χ2n) is 7.33. The van der Waals surface area contributed by atoms with Gasteiger partial charge in [-0.25, -0.2) is 0 Å². The Hall–Kier alpha value is 0.371. The summed E-state index contributed by atoms with van der Waals surface area (Å²) < 4.78 is 5.98. The van der Waals surface area contributed by atoms with Gasteiger partial charge in [-0.15, -0.1) is 0 Å². The summed E-state index contributed by atoms with van der Waals surface area (Å²) in [4.78, 5) is 0. The van der Waals surface area contributed by atoms with Gasteiger partial charge in [0.05, 0.1) is 0 Å². The van der Waals surface area contributed by atoms with Crippen LogP contribution in [-0.2, 0) is 17.4 Å². The Balaban J connectivity index is 2.51. The number of allylic oxidation sites excluding steroid dienone is 4. The number of hydrogen-bond acceptors (Lipinski definition) is 1. The van der Waals surface area contributed by atoms with Crippen molar-refractivity contribution in [2.45, 2.75) is 86.2 Å². The van der Waals surface area contributed by atoms with Gasteiger partial charge < -0.3 is 0 Å². The van der Waals surface area contributed by atoms with Crippen LogP contribution in [0, 0.1) is 5.92 Å². The van der Waals surface area contributed by atoms with Crippen LogP contribution >= 0.6 is 0 Å². The van der Waals surface area contributed by atoms with Gasteiger partial charge in [0.2, 0.25) is 0 Å². The molecule has 0 aromatic carbocycles. The first-order chi connectivity index (χ1) is 10.4. The summed E-state index contributed by atoms with van der Waals surface area (Å²) >= 11 is -1.20. The molecule has 1 aliphatic carbocycles. The fraction of sp³-hybridized carbons (Fsp3) is 0.789. The Morgan fingerprint density at radius 3 is 2.05 bits per heavy atom. The zero-order chi connectivity index (χ0) is 16.7. The fourth-order valence-corrected chi connectivity index (χ4v) is 14.9. The molecule has 1 nitrogen and oxygen atoms in total. The molecule has 0 aromatic rings. The predicted molar refractivity (Wildman–Crippen MR) is 100 cm³/mol. The molecule has 0 saturated heterocycles. The van der Waals surface area contributed by atoms with Gasteiger partial charge in [-0.05, 0) is 0 Å². The van der Waals surface area contributed by atoms with E-state index in [1.807, 2.05) is 3.88 Å². The summed E-state index contributed by atoms with van der Waals surface area (Å²) in [5.74, 6) is 0.724.